The predicted octanol–water partition coefficient (Wildman–Crippen LogP) is 1.00. The SMILES string of the molecule is c1n[nH]cc1-c1nncn1C1CC1. The third-order valence-electron chi connectivity index (χ3n) is 2.27. The highest BCUT2D eigenvalue weighted by Crippen LogP contribution is 2.37. The van der Waals surface area contributed by atoms with Gasteiger partial charge < -0.3 is 4.57 Å². The fourth-order valence-electron chi connectivity index (χ4n) is 1.44. The molecule has 0 aliphatic heterocycles. The van der Waals surface area contributed by atoms with Crippen molar-refractivity contribution in [2.45, 2.75) is 18.9 Å². The Balaban J connectivity index is 2.08. The molecule has 1 fully saturated rings. The molecule has 1 aliphatic carbocycles. The Morgan fingerprint density at radius 3 is 3.08 bits per heavy atom. The van der Waals surface area contributed by atoms with Crippen LogP contribution in [0, 0.1) is 0 Å². The molecule has 0 saturated heterocycles. The van der Waals surface area contributed by atoms with E-state index in [9.17, 15) is 0 Å². The summed E-state index contributed by atoms with van der Waals surface area (Å²) < 4.78 is 2.12. The minimum Gasteiger partial charge on any atom is -0.310 e. The van der Waals surface area contributed by atoms with Gasteiger partial charge in [-0.05, 0) is 12.8 Å². The van der Waals surface area contributed by atoms with Crippen LogP contribution in [0.4, 0.5) is 0 Å². The Hall–Kier alpha value is -1.65. The Morgan fingerprint density at radius 1 is 1.46 bits per heavy atom. The Kier molecular flexibility index (Phi) is 1.27. The van der Waals surface area contributed by atoms with Crippen molar-refractivity contribution in [3.8, 4) is 11.4 Å². The number of H-pyrrole nitrogens is 1. The molecule has 1 N–H and O–H groups in total. The normalized spacial score (nSPS) is 16.3. The molecule has 0 spiro atoms. The molecule has 0 bridgehead atoms. The number of aromatic nitrogens is 5. The number of aromatic amines is 1. The number of nitrogens with zero attached hydrogens (tertiary/aromatic N) is 4. The minimum absolute atomic E-state index is 0.611. The van der Waals surface area contributed by atoms with Gasteiger partial charge in [-0.15, -0.1) is 10.2 Å². The van der Waals surface area contributed by atoms with Crippen LogP contribution in [-0.4, -0.2) is 25.0 Å². The van der Waals surface area contributed by atoms with Gasteiger partial charge in [-0.3, -0.25) is 5.10 Å². The summed E-state index contributed by atoms with van der Waals surface area (Å²) in [5.74, 6) is 0.913. The molecule has 0 amide bonds. The molecule has 66 valence electrons. The van der Waals surface area contributed by atoms with Gasteiger partial charge in [0.05, 0.1) is 11.8 Å². The van der Waals surface area contributed by atoms with Gasteiger partial charge in [-0.2, -0.15) is 5.10 Å². The summed E-state index contributed by atoms with van der Waals surface area (Å²) in [5, 5.41) is 14.6. The largest absolute Gasteiger partial charge is 0.310 e. The van der Waals surface area contributed by atoms with Crippen LogP contribution in [0.5, 0.6) is 0 Å². The zero-order valence-corrected chi connectivity index (χ0v) is 7.01. The average Bonchev–Trinajstić information content (AvgIpc) is 2.72. The van der Waals surface area contributed by atoms with Crippen LogP contribution in [-0.2, 0) is 0 Å². The van der Waals surface area contributed by atoms with E-state index in [0.29, 0.717) is 6.04 Å². The van der Waals surface area contributed by atoms with Crippen LogP contribution < -0.4 is 0 Å². The van der Waals surface area contributed by atoms with Crippen LogP contribution in [0.25, 0.3) is 11.4 Å². The predicted molar refractivity (Wildman–Crippen MR) is 45.9 cm³/mol. The van der Waals surface area contributed by atoms with Crippen molar-refractivity contribution in [2.75, 3.05) is 0 Å². The van der Waals surface area contributed by atoms with E-state index in [1.54, 1.807) is 12.5 Å². The third-order valence-corrected chi connectivity index (χ3v) is 2.27. The number of hydrogen-bond donors (Lipinski definition) is 1. The lowest BCUT2D eigenvalue weighted by molar-refractivity contribution is 0.746. The lowest BCUT2D eigenvalue weighted by Crippen LogP contribution is -1.94. The highest BCUT2D eigenvalue weighted by Gasteiger charge is 2.26. The van der Waals surface area contributed by atoms with Crippen LogP contribution in [0.15, 0.2) is 18.7 Å². The van der Waals surface area contributed by atoms with Crippen molar-refractivity contribution >= 4 is 0 Å². The fourth-order valence-corrected chi connectivity index (χ4v) is 1.44. The smallest absolute Gasteiger partial charge is 0.167 e. The standard InChI is InChI=1S/C8H9N5/c1-2-7(1)13-5-11-12-8(13)6-3-9-10-4-6/h3-5,7H,1-2H2,(H,9,10). The average molecular weight is 175 g/mol. The van der Waals surface area contributed by atoms with Gasteiger partial charge in [-0.25, -0.2) is 0 Å². The van der Waals surface area contributed by atoms with Gasteiger partial charge in [0.15, 0.2) is 5.82 Å². The van der Waals surface area contributed by atoms with E-state index in [1.807, 2.05) is 6.20 Å². The molecule has 2 aromatic rings. The third kappa shape index (κ3) is 1.04. The summed E-state index contributed by atoms with van der Waals surface area (Å²) in [6.07, 6.45) is 7.87. The lowest BCUT2D eigenvalue weighted by atomic mass is 10.3. The molecule has 1 saturated carbocycles. The maximum Gasteiger partial charge on any atom is 0.167 e. The second kappa shape index (κ2) is 2.42. The van der Waals surface area contributed by atoms with E-state index in [2.05, 4.69) is 25.0 Å². The zero-order chi connectivity index (χ0) is 8.67. The summed E-state index contributed by atoms with van der Waals surface area (Å²) in [4.78, 5) is 0. The van der Waals surface area contributed by atoms with Gasteiger partial charge in [-0.1, -0.05) is 0 Å². The zero-order valence-electron chi connectivity index (χ0n) is 7.01. The molecular weight excluding hydrogens is 166 g/mol. The van der Waals surface area contributed by atoms with Crippen LogP contribution in [0.1, 0.15) is 18.9 Å². The van der Waals surface area contributed by atoms with Crippen molar-refractivity contribution in [3.63, 3.8) is 0 Å². The van der Waals surface area contributed by atoms with Gasteiger partial charge >= 0.3 is 0 Å². The Bertz CT molecular complexity index is 398. The molecule has 2 heterocycles. The van der Waals surface area contributed by atoms with Gasteiger partial charge in [0.25, 0.3) is 0 Å². The Morgan fingerprint density at radius 2 is 2.38 bits per heavy atom. The van der Waals surface area contributed by atoms with Crippen molar-refractivity contribution in [3.05, 3.63) is 18.7 Å². The van der Waals surface area contributed by atoms with Gasteiger partial charge in [0, 0.05) is 12.2 Å². The molecule has 13 heavy (non-hydrogen) atoms. The molecule has 3 rings (SSSR count). The monoisotopic (exact) mass is 175 g/mol. The molecule has 0 radical (unpaired) electrons. The highest BCUT2D eigenvalue weighted by molar-refractivity contribution is 5.52. The maximum atomic E-state index is 4.07. The van der Waals surface area contributed by atoms with Crippen LogP contribution >= 0.6 is 0 Å². The van der Waals surface area contributed by atoms with Crippen molar-refractivity contribution in [1.29, 1.82) is 0 Å². The maximum absolute atomic E-state index is 4.07. The highest BCUT2D eigenvalue weighted by atomic mass is 15.3. The van der Waals surface area contributed by atoms with Crippen LogP contribution in [0.3, 0.4) is 0 Å². The van der Waals surface area contributed by atoms with E-state index in [1.165, 1.54) is 12.8 Å². The van der Waals surface area contributed by atoms with E-state index < -0.39 is 0 Å². The molecule has 5 heteroatoms. The first-order chi connectivity index (χ1) is 6.45. The van der Waals surface area contributed by atoms with Crippen molar-refractivity contribution in [2.24, 2.45) is 0 Å². The molecule has 0 atom stereocenters. The van der Waals surface area contributed by atoms with E-state index in [-0.39, 0.29) is 0 Å². The number of nitrogens with one attached hydrogen (secondary N) is 1. The fraction of sp³-hybridized carbons (Fsp3) is 0.375. The molecule has 2 aromatic heterocycles. The summed E-state index contributed by atoms with van der Waals surface area (Å²) in [6, 6.07) is 0.611. The molecule has 0 aromatic carbocycles. The summed E-state index contributed by atoms with van der Waals surface area (Å²) >= 11 is 0. The quantitative estimate of drug-likeness (QED) is 0.740. The molecule has 1 aliphatic rings. The second-order valence-electron chi connectivity index (χ2n) is 3.28. The van der Waals surface area contributed by atoms with Crippen molar-refractivity contribution in [1.82, 2.24) is 25.0 Å². The topological polar surface area (TPSA) is 59.4 Å². The first kappa shape index (κ1) is 6.82. The minimum atomic E-state index is 0.611. The first-order valence-electron chi connectivity index (χ1n) is 4.34. The van der Waals surface area contributed by atoms with E-state index in [4.69, 9.17) is 0 Å². The second-order valence-corrected chi connectivity index (χ2v) is 3.28. The number of hydrogen-bond acceptors (Lipinski definition) is 3. The Labute approximate surface area is 74.8 Å². The summed E-state index contributed by atoms with van der Waals surface area (Å²) in [5.41, 5.74) is 1.00. The van der Waals surface area contributed by atoms with E-state index in [0.717, 1.165) is 11.4 Å². The summed E-state index contributed by atoms with van der Waals surface area (Å²) in [7, 11) is 0. The lowest BCUT2D eigenvalue weighted by Gasteiger charge is -2.00. The van der Waals surface area contributed by atoms with Crippen molar-refractivity contribution < 1.29 is 0 Å². The molecule has 5 nitrogen and oxygen atoms in total. The van der Waals surface area contributed by atoms with Gasteiger partial charge in [0.2, 0.25) is 0 Å². The molecule has 0 unspecified atom stereocenters. The number of rotatable bonds is 2. The first-order valence-corrected chi connectivity index (χ1v) is 4.34. The summed E-state index contributed by atoms with van der Waals surface area (Å²) in [6.45, 7) is 0. The van der Waals surface area contributed by atoms with Crippen LogP contribution in [0.2, 0.25) is 0 Å². The molecular formula is C8H9N5. The van der Waals surface area contributed by atoms with Gasteiger partial charge in [0.1, 0.15) is 6.33 Å². The van der Waals surface area contributed by atoms with E-state index >= 15 is 0 Å².